The number of nitrogens with zero attached hydrogens (tertiary/aromatic N) is 2. The smallest absolute Gasteiger partial charge is 0.251 e. The summed E-state index contributed by atoms with van der Waals surface area (Å²) in [5.74, 6) is 3.06. The zero-order valence-corrected chi connectivity index (χ0v) is 38.2. The van der Waals surface area contributed by atoms with Crippen molar-refractivity contribution in [3.8, 4) is 40.0 Å². The third kappa shape index (κ3) is 11.1. The molecule has 2 aromatic heterocycles. The lowest BCUT2D eigenvalue weighted by atomic mass is 10.1. The molecule has 11 nitrogen and oxygen atoms in total. The van der Waals surface area contributed by atoms with E-state index in [1.165, 1.54) is 0 Å². The first-order valence-electron chi connectivity index (χ1n) is 20.5. The Balaban J connectivity index is 0.000000192. The minimum atomic E-state index is -0.165. The Bertz CT molecular complexity index is 2880. The van der Waals surface area contributed by atoms with Gasteiger partial charge in [0.2, 0.25) is 0 Å². The van der Waals surface area contributed by atoms with E-state index in [4.69, 9.17) is 60.6 Å². The van der Waals surface area contributed by atoms with E-state index in [-0.39, 0.29) is 11.8 Å². The SMILES string of the molecule is CCOc1ccc(CCNC(=O)c2ccc3nc(-c4c(Cl)cccc4Cl)[nH]c3c2)cc1.CCOc1ccc(CCNC(=O)c2ccc3nc(-c4c(Cl)cccc4Cl)[nH]c3c2)cc1OC. The van der Waals surface area contributed by atoms with Gasteiger partial charge in [-0.2, -0.15) is 0 Å². The Hall–Kier alpha value is -6.24. The molecule has 15 heteroatoms. The van der Waals surface area contributed by atoms with Gasteiger partial charge >= 0.3 is 0 Å². The molecule has 0 aliphatic rings. The average Bonchev–Trinajstić information content (AvgIpc) is 3.91. The standard InChI is InChI=1S/C25H23Cl2N3O3.C24H21Cl2N3O2/c1-3-33-21-10-7-15(13-22(21)32-2)11-12-28-25(31)16-8-9-19-20(14-16)30-24(29-19)23-17(26)5-4-6-18(23)27;1-2-31-17-9-6-15(7-10-17)12-13-27-24(30)16-8-11-20-21(14-16)29-23(28-20)22-18(25)4-3-5-19(22)26/h4-10,13-14H,3,11-12H2,1-2H3,(H,28,31)(H,29,30);3-11,14H,2,12-13H2,1H3,(H,27,30)(H,28,29). The van der Waals surface area contributed by atoms with Crippen LogP contribution in [-0.4, -0.2) is 65.2 Å². The number of benzene rings is 6. The predicted molar refractivity (Wildman–Crippen MR) is 257 cm³/mol. The van der Waals surface area contributed by atoms with Gasteiger partial charge in [0.1, 0.15) is 17.4 Å². The maximum absolute atomic E-state index is 12.7. The Kier molecular flexibility index (Phi) is 15.3. The zero-order valence-electron chi connectivity index (χ0n) is 35.2. The quantitative estimate of drug-likeness (QED) is 0.0801. The fourth-order valence-corrected chi connectivity index (χ4v) is 8.05. The van der Waals surface area contributed by atoms with Crippen LogP contribution < -0.4 is 24.8 Å². The summed E-state index contributed by atoms with van der Waals surface area (Å²) in [6.07, 6.45) is 1.40. The van der Waals surface area contributed by atoms with Crippen LogP contribution in [0, 0.1) is 0 Å². The van der Waals surface area contributed by atoms with E-state index in [9.17, 15) is 9.59 Å². The first-order chi connectivity index (χ1) is 31.0. The third-order valence-electron chi connectivity index (χ3n) is 10.0. The highest BCUT2D eigenvalue weighted by molar-refractivity contribution is 6.39. The number of imidazole rings is 2. The van der Waals surface area contributed by atoms with E-state index >= 15 is 0 Å². The number of hydrogen-bond acceptors (Lipinski definition) is 7. The minimum absolute atomic E-state index is 0.139. The number of carbonyl (C=O) groups is 2. The predicted octanol–water partition coefficient (Wildman–Crippen LogP) is 11.8. The lowest BCUT2D eigenvalue weighted by molar-refractivity contribution is 0.0946. The fraction of sp³-hybridized carbons (Fsp3) is 0.184. The third-order valence-corrected chi connectivity index (χ3v) is 11.3. The highest BCUT2D eigenvalue weighted by atomic mass is 35.5. The highest BCUT2D eigenvalue weighted by Gasteiger charge is 2.16. The summed E-state index contributed by atoms with van der Waals surface area (Å²) < 4.78 is 16.4. The number of fused-ring (bicyclic) bond motifs is 2. The number of nitrogens with one attached hydrogen (secondary N) is 4. The molecule has 0 radical (unpaired) electrons. The molecule has 8 rings (SSSR count). The molecule has 0 saturated heterocycles. The van der Waals surface area contributed by atoms with E-state index in [1.807, 2.05) is 56.3 Å². The zero-order chi connectivity index (χ0) is 45.2. The number of H-pyrrole nitrogens is 2. The topological polar surface area (TPSA) is 143 Å². The largest absolute Gasteiger partial charge is 0.494 e. The maximum atomic E-state index is 12.7. The summed E-state index contributed by atoms with van der Waals surface area (Å²) in [5.41, 5.74) is 7.46. The number of ether oxygens (including phenoxy) is 3. The summed E-state index contributed by atoms with van der Waals surface area (Å²) in [6.45, 7) is 6.11. The van der Waals surface area contributed by atoms with Crippen LogP contribution >= 0.6 is 46.4 Å². The summed E-state index contributed by atoms with van der Waals surface area (Å²) in [4.78, 5) is 40.8. The van der Waals surface area contributed by atoms with Crippen LogP contribution in [0.5, 0.6) is 17.2 Å². The fourth-order valence-electron chi connectivity index (χ4n) is 6.89. The first kappa shape index (κ1) is 45.8. The molecule has 2 amide bonds. The van der Waals surface area contributed by atoms with Crippen molar-refractivity contribution in [2.45, 2.75) is 26.7 Å². The monoisotopic (exact) mass is 936 g/mol. The van der Waals surface area contributed by atoms with E-state index in [2.05, 4.69) is 30.6 Å². The van der Waals surface area contributed by atoms with Gasteiger partial charge in [0, 0.05) is 24.2 Å². The molecular formula is C49H44Cl4N6O5. The molecule has 0 unspecified atom stereocenters. The Morgan fingerprint density at radius 3 is 1.50 bits per heavy atom. The van der Waals surface area contributed by atoms with Crippen LogP contribution in [0.2, 0.25) is 20.1 Å². The van der Waals surface area contributed by atoms with Gasteiger partial charge in [-0.3, -0.25) is 9.59 Å². The molecule has 8 aromatic rings. The maximum Gasteiger partial charge on any atom is 0.251 e. The van der Waals surface area contributed by atoms with Crippen molar-refractivity contribution in [1.82, 2.24) is 30.6 Å². The summed E-state index contributed by atoms with van der Waals surface area (Å²) in [5, 5.41) is 7.96. The number of methoxy groups -OCH3 is 1. The van der Waals surface area contributed by atoms with Crippen molar-refractivity contribution in [3.63, 3.8) is 0 Å². The summed E-state index contributed by atoms with van der Waals surface area (Å²) >= 11 is 25.2. The lowest BCUT2D eigenvalue weighted by Gasteiger charge is -2.11. The molecule has 6 aromatic carbocycles. The van der Waals surface area contributed by atoms with E-state index < -0.39 is 0 Å². The van der Waals surface area contributed by atoms with Crippen LogP contribution in [0.1, 0.15) is 45.7 Å². The number of amides is 2. The van der Waals surface area contributed by atoms with Gasteiger partial charge in [0.05, 0.1) is 73.6 Å². The van der Waals surface area contributed by atoms with Crippen LogP contribution in [0.3, 0.4) is 0 Å². The molecular weight excluding hydrogens is 894 g/mol. The Labute approximate surface area is 390 Å². The second-order valence-corrected chi connectivity index (χ2v) is 16.0. The molecule has 2 heterocycles. The lowest BCUT2D eigenvalue weighted by Crippen LogP contribution is -2.25. The molecule has 328 valence electrons. The van der Waals surface area contributed by atoms with Gasteiger partial charge in [-0.15, -0.1) is 0 Å². The summed E-state index contributed by atoms with van der Waals surface area (Å²) in [7, 11) is 1.61. The molecule has 0 spiro atoms. The van der Waals surface area contributed by atoms with Crippen LogP contribution in [-0.2, 0) is 12.8 Å². The van der Waals surface area contributed by atoms with Crippen molar-refractivity contribution in [1.29, 1.82) is 0 Å². The number of carbonyl (C=O) groups excluding carboxylic acids is 2. The van der Waals surface area contributed by atoms with Crippen molar-refractivity contribution in [3.05, 3.63) is 158 Å². The van der Waals surface area contributed by atoms with Gasteiger partial charge in [0.15, 0.2) is 11.5 Å². The van der Waals surface area contributed by atoms with Crippen LogP contribution in [0.25, 0.3) is 44.8 Å². The summed E-state index contributed by atoms with van der Waals surface area (Å²) in [6, 6.07) is 34.9. The van der Waals surface area contributed by atoms with Crippen LogP contribution in [0.15, 0.2) is 115 Å². The number of halogens is 4. The van der Waals surface area contributed by atoms with Gasteiger partial charge in [-0.1, -0.05) is 76.7 Å². The number of aromatic amines is 2. The highest BCUT2D eigenvalue weighted by Crippen LogP contribution is 2.35. The van der Waals surface area contributed by atoms with E-state index in [1.54, 1.807) is 79.9 Å². The number of hydrogen-bond donors (Lipinski definition) is 4. The Morgan fingerprint density at radius 2 is 1.03 bits per heavy atom. The second-order valence-electron chi connectivity index (χ2n) is 14.3. The normalized spacial score (nSPS) is 10.9. The molecule has 0 bridgehead atoms. The van der Waals surface area contributed by atoms with Gasteiger partial charge < -0.3 is 34.8 Å². The van der Waals surface area contributed by atoms with E-state index in [0.717, 1.165) is 45.4 Å². The minimum Gasteiger partial charge on any atom is -0.494 e. The van der Waals surface area contributed by atoms with Crippen molar-refractivity contribution >= 4 is 80.3 Å². The molecule has 0 fully saturated rings. The average molecular weight is 939 g/mol. The van der Waals surface area contributed by atoms with Gasteiger partial charge in [-0.05, 0) is 123 Å². The number of aromatic nitrogens is 4. The van der Waals surface area contributed by atoms with Gasteiger partial charge in [0.25, 0.3) is 11.8 Å². The number of rotatable bonds is 15. The van der Waals surface area contributed by atoms with Crippen molar-refractivity contribution in [2.75, 3.05) is 33.4 Å². The molecule has 0 aliphatic heterocycles. The molecule has 64 heavy (non-hydrogen) atoms. The molecule has 0 aliphatic carbocycles. The molecule has 0 saturated carbocycles. The van der Waals surface area contributed by atoms with Crippen LogP contribution in [0.4, 0.5) is 0 Å². The van der Waals surface area contributed by atoms with E-state index in [0.29, 0.717) is 98.2 Å². The Morgan fingerprint density at radius 1 is 0.562 bits per heavy atom. The van der Waals surface area contributed by atoms with Crippen molar-refractivity contribution in [2.24, 2.45) is 0 Å². The molecule has 4 N–H and O–H groups in total. The first-order valence-corrected chi connectivity index (χ1v) is 22.0. The van der Waals surface area contributed by atoms with Gasteiger partial charge in [-0.25, -0.2) is 9.97 Å². The molecule has 0 atom stereocenters. The van der Waals surface area contributed by atoms with Crippen molar-refractivity contribution < 1.29 is 23.8 Å². The second kappa shape index (κ2) is 21.4.